The van der Waals surface area contributed by atoms with Crippen LogP contribution in [-0.2, 0) is 16.0 Å². The summed E-state index contributed by atoms with van der Waals surface area (Å²) in [6.07, 6.45) is 1.77. The highest BCUT2D eigenvalue weighted by Gasteiger charge is 2.19. The quantitative estimate of drug-likeness (QED) is 0.688. The highest BCUT2D eigenvalue weighted by atomic mass is 79.9. The molecule has 6 heteroatoms. The Morgan fingerprint density at radius 1 is 1.20 bits per heavy atom. The van der Waals surface area contributed by atoms with Gasteiger partial charge in [0, 0.05) is 21.7 Å². The Bertz CT molecular complexity index is 762. The van der Waals surface area contributed by atoms with E-state index in [4.69, 9.17) is 11.6 Å². The first-order valence-electron chi connectivity index (χ1n) is 7.67. The minimum Gasteiger partial charge on any atom is -0.351 e. The second-order valence-electron chi connectivity index (χ2n) is 5.36. The number of carbonyl (C=O) groups is 2. The molecular formula is C19H18BrClN2O2. The lowest BCUT2D eigenvalue weighted by Gasteiger charge is -2.22. The molecule has 2 aromatic carbocycles. The van der Waals surface area contributed by atoms with E-state index in [1.807, 2.05) is 12.1 Å². The van der Waals surface area contributed by atoms with Crippen LogP contribution in [-0.4, -0.2) is 24.9 Å². The number of nitrogens with zero attached hydrogens (tertiary/aromatic N) is 1. The van der Waals surface area contributed by atoms with E-state index in [-0.39, 0.29) is 24.8 Å². The van der Waals surface area contributed by atoms with Gasteiger partial charge in [-0.2, -0.15) is 0 Å². The molecule has 0 unspecified atom stereocenters. The largest absolute Gasteiger partial charge is 0.351 e. The molecule has 0 aliphatic rings. The molecule has 0 atom stereocenters. The average Bonchev–Trinajstić information content (AvgIpc) is 2.59. The lowest BCUT2D eigenvalue weighted by atomic mass is 10.1. The monoisotopic (exact) mass is 420 g/mol. The van der Waals surface area contributed by atoms with E-state index in [0.29, 0.717) is 17.3 Å². The van der Waals surface area contributed by atoms with Crippen molar-refractivity contribution in [2.45, 2.75) is 6.42 Å². The van der Waals surface area contributed by atoms with E-state index in [1.165, 1.54) is 4.90 Å². The van der Waals surface area contributed by atoms with Gasteiger partial charge in [0.2, 0.25) is 11.8 Å². The van der Waals surface area contributed by atoms with Crippen LogP contribution in [0.4, 0.5) is 5.69 Å². The van der Waals surface area contributed by atoms with Gasteiger partial charge < -0.3 is 10.2 Å². The summed E-state index contributed by atoms with van der Waals surface area (Å²) in [4.78, 5) is 26.4. The SMILES string of the molecule is C=CCNC(=O)CN(C(=O)Cc1ccc(Cl)cc1)c1cccc(Br)c1. The maximum absolute atomic E-state index is 12.8. The highest BCUT2D eigenvalue weighted by molar-refractivity contribution is 9.10. The molecule has 0 radical (unpaired) electrons. The van der Waals surface area contributed by atoms with Crippen molar-refractivity contribution in [1.29, 1.82) is 0 Å². The summed E-state index contributed by atoms with van der Waals surface area (Å²) >= 11 is 9.28. The van der Waals surface area contributed by atoms with Crippen molar-refractivity contribution in [2.75, 3.05) is 18.0 Å². The molecule has 4 nitrogen and oxygen atoms in total. The van der Waals surface area contributed by atoms with Gasteiger partial charge in [-0.3, -0.25) is 9.59 Å². The molecule has 2 amide bonds. The molecule has 0 saturated heterocycles. The molecule has 0 fully saturated rings. The number of halogens is 2. The number of amides is 2. The molecule has 0 aromatic heterocycles. The van der Waals surface area contributed by atoms with Crippen molar-refractivity contribution in [3.05, 3.63) is 76.2 Å². The summed E-state index contributed by atoms with van der Waals surface area (Å²) in [5.41, 5.74) is 1.49. The summed E-state index contributed by atoms with van der Waals surface area (Å²) in [6.45, 7) is 3.87. The zero-order valence-electron chi connectivity index (χ0n) is 13.5. The van der Waals surface area contributed by atoms with Gasteiger partial charge in [0.1, 0.15) is 6.54 Å². The Morgan fingerprint density at radius 2 is 1.92 bits per heavy atom. The molecule has 2 aromatic rings. The third kappa shape index (κ3) is 6.03. The van der Waals surface area contributed by atoms with E-state index in [1.54, 1.807) is 42.5 Å². The van der Waals surface area contributed by atoms with Crippen molar-refractivity contribution in [2.24, 2.45) is 0 Å². The van der Waals surface area contributed by atoms with Crippen molar-refractivity contribution >= 4 is 45.0 Å². The van der Waals surface area contributed by atoms with Gasteiger partial charge in [-0.25, -0.2) is 0 Å². The number of nitrogens with one attached hydrogen (secondary N) is 1. The van der Waals surface area contributed by atoms with Crippen molar-refractivity contribution in [1.82, 2.24) is 5.32 Å². The molecular weight excluding hydrogens is 404 g/mol. The molecule has 25 heavy (non-hydrogen) atoms. The topological polar surface area (TPSA) is 49.4 Å². The normalized spacial score (nSPS) is 10.2. The fourth-order valence-electron chi connectivity index (χ4n) is 2.23. The Balaban J connectivity index is 2.20. The van der Waals surface area contributed by atoms with Crippen molar-refractivity contribution in [3.63, 3.8) is 0 Å². The average molecular weight is 422 g/mol. The molecule has 1 N–H and O–H groups in total. The van der Waals surface area contributed by atoms with Gasteiger partial charge in [0.15, 0.2) is 0 Å². The Hall–Kier alpha value is -2.11. The molecule has 0 aliphatic heterocycles. The smallest absolute Gasteiger partial charge is 0.240 e. The summed E-state index contributed by atoms with van der Waals surface area (Å²) < 4.78 is 0.834. The second-order valence-corrected chi connectivity index (χ2v) is 6.71. The first-order chi connectivity index (χ1) is 12.0. The van der Waals surface area contributed by atoms with Crippen LogP contribution in [0.15, 0.2) is 65.7 Å². The zero-order valence-corrected chi connectivity index (χ0v) is 15.9. The fourth-order valence-corrected chi connectivity index (χ4v) is 2.74. The number of hydrogen-bond acceptors (Lipinski definition) is 2. The number of benzene rings is 2. The van der Waals surface area contributed by atoms with Crippen LogP contribution in [0, 0.1) is 0 Å². The van der Waals surface area contributed by atoms with Crippen molar-refractivity contribution in [3.8, 4) is 0 Å². The van der Waals surface area contributed by atoms with E-state index < -0.39 is 0 Å². The van der Waals surface area contributed by atoms with Crippen LogP contribution in [0.3, 0.4) is 0 Å². The Morgan fingerprint density at radius 3 is 2.56 bits per heavy atom. The van der Waals surface area contributed by atoms with Gasteiger partial charge in [-0.15, -0.1) is 6.58 Å². The molecule has 0 bridgehead atoms. The first kappa shape index (κ1) is 19.2. The molecule has 130 valence electrons. The maximum Gasteiger partial charge on any atom is 0.240 e. The molecule has 0 spiro atoms. The predicted octanol–water partition coefficient (Wildman–Crippen LogP) is 3.98. The van der Waals surface area contributed by atoms with E-state index in [0.717, 1.165) is 10.0 Å². The standard InChI is InChI=1S/C19H18BrClN2O2/c1-2-10-22-18(24)13-23(17-5-3-4-15(20)12-17)19(25)11-14-6-8-16(21)9-7-14/h2-9,12H,1,10-11,13H2,(H,22,24). The number of hydrogen-bond donors (Lipinski definition) is 1. The Kier molecular flexibility index (Phi) is 7.22. The van der Waals surface area contributed by atoms with Crippen molar-refractivity contribution < 1.29 is 9.59 Å². The van der Waals surface area contributed by atoms with Gasteiger partial charge >= 0.3 is 0 Å². The minimum absolute atomic E-state index is 0.0588. The van der Waals surface area contributed by atoms with Gasteiger partial charge in [-0.1, -0.05) is 51.8 Å². The maximum atomic E-state index is 12.8. The number of rotatable bonds is 7. The second kappa shape index (κ2) is 9.39. The van der Waals surface area contributed by atoms with E-state index in [2.05, 4.69) is 27.8 Å². The van der Waals surface area contributed by atoms with Crippen LogP contribution in [0.5, 0.6) is 0 Å². The molecule has 2 rings (SSSR count). The molecule has 0 saturated carbocycles. The Labute approximate surface area is 160 Å². The van der Waals surface area contributed by atoms with Crippen LogP contribution < -0.4 is 10.2 Å². The minimum atomic E-state index is -0.246. The van der Waals surface area contributed by atoms with Crippen LogP contribution in [0.2, 0.25) is 5.02 Å². The van der Waals surface area contributed by atoms with Crippen LogP contribution in [0.25, 0.3) is 0 Å². The third-order valence-electron chi connectivity index (χ3n) is 3.43. The number of carbonyl (C=O) groups excluding carboxylic acids is 2. The van der Waals surface area contributed by atoms with Gasteiger partial charge in [0.25, 0.3) is 0 Å². The fraction of sp³-hybridized carbons (Fsp3) is 0.158. The summed E-state index contributed by atoms with van der Waals surface area (Å²) in [6, 6.07) is 14.4. The third-order valence-corrected chi connectivity index (χ3v) is 4.18. The summed E-state index contributed by atoms with van der Waals surface area (Å²) in [5, 5.41) is 3.31. The molecule has 0 heterocycles. The number of anilines is 1. The summed E-state index contributed by atoms with van der Waals surface area (Å²) in [5.74, 6) is -0.418. The predicted molar refractivity (Wildman–Crippen MR) is 105 cm³/mol. The van der Waals surface area contributed by atoms with Crippen LogP contribution >= 0.6 is 27.5 Å². The summed E-state index contributed by atoms with van der Waals surface area (Å²) in [7, 11) is 0. The van der Waals surface area contributed by atoms with E-state index >= 15 is 0 Å². The van der Waals surface area contributed by atoms with Crippen LogP contribution in [0.1, 0.15) is 5.56 Å². The van der Waals surface area contributed by atoms with E-state index in [9.17, 15) is 9.59 Å². The molecule has 0 aliphatic carbocycles. The highest BCUT2D eigenvalue weighted by Crippen LogP contribution is 2.21. The zero-order chi connectivity index (χ0) is 18.2. The van der Waals surface area contributed by atoms with Gasteiger partial charge in [0.05, 0.1) is 6.42 Å². The van der Waals surface area contributed by atoms with Gasteiger partial charge in [-0.05, 0) is 35.9 Å². The lowest BCUT2D eigenvalue weighted by molar-refractivity contribution is -0.123. The first-order valence-corrected chi connectivity index (χ1v) is 8.84. The lowest BCUT2D eigenvalue weighted by Crippen LogP contribution is -2.41.